The van der Waals surface area contributed by atoms with Crippen molar-refractivity contribution in [3.63, 3.8) is 0 Å². The van der Waals surface area contributed by atoms with Gasteiger partial charge in [0, 0.05) is 23.5 Å². The predicted molar refractivity (Wildman–Crippen MR) is 81.1 cm³/mol. The second kappa shape index (κ2) is 7.08. The van der Waals surface area contributed by atoms with Crippen LogP contribution in [-0.4, -0.2) is 24.5 Å². The Morgan fingerprint density at radius 2 is 2.10 bits per heavy atom. The smallest absolute Gasteiger partial charge is 0.255 e. The van der Waals surface area contributed by atoms with Gasteiger partial charge in [-0.1, -0.05) is 11.8 Å². The molecule has 1 heterocycles. The molecule has 0 unspecified atom stereocenters. The van der Waals surface area contributed by atoms with Gasteiger partial charge >= 0.3 is 0 Å². The highest BCUT2D eigenvalue weighted by atomic mass is 16.5. The predicted octanol–water partition coefficient (Wildman–Crippen LogP) is 1.65. The molecule has 0 bridgehead atoms. The third kappa shape index (κ3) is 3.81. The quantitative estimate of drug-likeness (QED) is 0.839. The summed E-state index contributed by atoms with van der Waals surface area (Å²) in [5.41, 5.74) is 7.19. The summed E-state index contributed by atoms with van der Waals surface area (Å²) in [7, 11) is 1.54. The molecule has 0 aliphatic carbocycles. The third-order valence-electron chi connectivity index (χ3n) is 2.72. The van der Waals surface area contributed by atoms with Crippen LogP contribution in [0, 0.1) is 11.8 Å². The number of rotatable bonds is 3. The molecule has 3 N–H and O–H groups in total. The van der Waals surface area contributed by atoms with Crippen LogP contribution in [-0.2, 0) is 0 Å². The standard InChI is InChI=1S/C16H15N3O2/c1-21-15-5-4-12(3-2-8-17)11-14(15)19-16(20)13-6-9-18-10-7-13/h4-7,9-11H,8,17H2,1H3,(H,19,20). The van der Waals surface area contributed by atoms with Gasteiger partial charge in [-0.05, 0) is 30.3 Å². The fourth-order valence-corrected chi connectivity index (χ4v) is 1.73. The second-order valence-corrected chi connectivity index (χ2v) is 4.11. The lowest BCUT2D eigenvalue weighted by Gasteiger charge is -2.10. The van der Waals surface area contributed by atoms with Crippen LogP contribution in [0.4, 0.5) is 5.69 Å². The first-order valence-electron chi connectivity index (χ1n) is 6.33. The van der Waals surface area contributed by atoms with E-state index in [4.69, 9.17) is 10.5 Å². The van der Waals surface area contributed by atoms with E-state index in [1.165, 1.54) is 0 Å². The Kier molecular flexibility index (Phi) is 4.91. The summed E-state index contributed by atoms with van der Waals surface area (Å²) < 4.78 is 5.24. The summed E-state index contributed by atoms with van der Waals surface area (Å²) in [6, 6.07) is 8.59. The number of hydrogen-bond donors (Lipinski definition) is 2. The van der Waals surface area contributed by atoms with E-state index in [1.54, 1.807) is 43.8 Å². The van der Waals surface area contributed by atoms with Gasteiger partial charge in [-0.15, -0.1) is 0 Å². The number of carbonyl (C=O) groups is 1. The molecule has 0 spiro atoms. The molecule has 2 aromatic rings. The minimum Gasteiger partial charge on any atom is -0.495 e. The normalized spacial score (nSPS) is 9.43. The highest BCUT2D eigenvalue weighted by Crippen LogP contribution is 2.25. The average Bonchev–Trinajstić information content (AvgIpc) is 2.54. The van der Waals surface area contributed by atoms with E-state index < -0.39 is 0 Å². The zero-order valence-corrected chi connectivity index (χ0v) is 11.6. The molecule has 21 heavy (non-hydrogen) atoms. The van der Waals surface area contributed by atoms with E-state index in [0.29, 0.717) is 17.0 Å². The fraction of sp³-hybridized carbons (Fsp3) is 0.125. The number of aromatic nitrogens is 1. The Morgan fingerprint density at radius 1 is 1.33 bits per heavy atom. The zero-order chi connectivity index (χ0) is 15.1. The summed E-state index contributed by atoms with van der Waals surface area (Å²) in [5.74, 6) is 6.02. The summed E-state index contributed by atoms with van der Waals surface area (Å²) in [5, 5.41) is 2.80. The molecule has 2 rings (SSSR count). The fourth-order valence-electron chi connectivity index (χ4n) is 1.73. The largest absolute Gasteiger partial charge is 0.495 e. The van der Waals surface area contributed by atoms with Crippen LogP contribution in [0.3, 0.4) is 0 Å². The molecule has 0 aliphatic heterocycles. The molecule has 0 fully saturated rings. The van der Waals surface area contributed by atoms with Gasteiger partial charge in [0.2, 0.25) is 0 Å². The Morgan fingerprint density at radius 3 is 2.76 bits per heavy atom. The van der Waals surface area contributed by atoms with Crippen molar-refractivity contribution in [3.8, 4) is 17.6 Å². The first-order valence-corrected chi connectivity index (χ1v) is 6.33. The molecule has 0 radical (unpaired) electrons. The Hall–Kier alpha value is -2.84. The Bertz CT molecular complexity index is 688. The third-order valence-corrected chi connectivity index (χ3v) is 2.72. The monoisotopic (exact) mass is 281 g/mol. The Balaban J connectivity index is 2.27. The van der Waals surface area contributed by atoms with Crippen LogP contribution in [0.1, 0.15) is 15.9 Å². The number of amides is 1. The van der Waals surface area contributed by atoms with Crippen molar-refractivity contribution < 1.29 is 9.53 Å². The summed E-state index contributed by atoms with van der Waals surface area (Å²) in [6.07, 6.45) is 3.13. The molecule has 0 atom stereocenters. The lowest BCUT2D eigenvalue weighted by molar-refractivity contribution is 0.102. The van der Waals surface area contributed by atoms with Gasteiger partial charge in [-0.25, -0.2) is 0 Å². The topological polar surface area (TPSA) is 77.2 Å². The van der Waals surface area contributed by atoms with Crippen molar-refractivity contribution in [1.29, 1.82) is 0 Å². The molecular weight excluding hydrogens is 266 g/mol. The lowest BCUT2D eigenvalue weighted by atomic mass is 10.1. The Labute approximate surface area is 123 Å². The average molecular weight is 281 g/mol. The first-order chi connectivity index (χ1) is 10.2. The van der Waals surface area contributed by atoms with Crippen LogP contribution in [0.15, 0.2) is 42.7 Å². The van der Waals surface area contributed by atoms with Gasteiger partial charge in [0.05, 0.1) is 19.3 Å². The van der Waals surface area contributed by atoms with Gasteiger partial charge in [0.15, 0.2) is 0 Å². The molecule has 0 saturated carbocycles. The van der Waals surface area contributed by atoms with Gasteiger partial charge in [-0.2, -0.15) is 0 Å². The van der Waals surface area contributed by atoms with E-state index in [1.807, 2.05) is 6.07 Å². The molecule has 0 saturated heterocycles. The van der Waals surface area contributed by atoms with E-state index in [-0.39, 0.29) is 12.5 Å². The zero-order valence-electron chi connectivity index (χ0n) is 11.6. The van der Waals surface area contributed by atoms with Crippen molar-refractivity contribution in [2.24, 2.45) is 5.73 Å². The molecule has 5 nitrogen and oxygen atoms in total. The molecule has 106 valence electrons. The van der Waals surface area contributed by atoms with Crippen molar-refractivity contribution >= 4 is 11.6 Å². The number of nitrogens with two attached hydrogens (primary N) is 1. The highest BCUT2D eigenvalue weighted by Gasteiger charge is 2.10. The number of carbonyl (C=O) groups excluding carboxylic acids is 1. The van der Waals surface area contributed by atoms with Crippen molar-refractivity contribution in [2.75, 3.05) is 19.0 Å². The van der Waals surface area contributed by atoms with Gasteiger partial charge < -0.3 is 15.8 Å². The maximum absolute atomic E-state index is 12.2. The lowest BCUT2D eigenvalue weighted by Crippen LogP contribution is -2.12. The van der Waals surface area contributed by atoms with Crippen LogP contribution < -0.4 is 15.8 Å². The summed E-state index contributed by atoms with van der Waals surface area (Å²) in [6.45, 7) is 0.282. The molecule has 1 aromatic heterocycles. The minimum absolute atomic E-state index is 0.236. The molecular formula is C16H15N3O2. The number of ether oxygens (including phenoxy) is 1. The number of benzene rings is 1. The van der Waals surface area contributed by atoms with E-state index in [9.17, 15) is 4.79 Å². The van der Waals surface area contributed by atoms with Crippen LogP contribution in [0.25, 0.3) is 0 Å². The number of anilines is 1. The molecule has 1 aromatic carbocycles. The summed E-state index contributed by atoms with van der Waals surface area (Å²) in [4.78, 5) is 16.0. The molecule has 0 aliphatic rings. The van der Waals surface area contributed by atoms with Crippen molar-refractivity contribution in [3.05, 3.63) is 53.9 Å². The maximum atomic E-state index is 12.2. The number of nitrogens with one attached hydrogen (secondary N) is 1. The van der Waals surface area contributed by atoms with E-state index in [0.717, 1.165) is 5.56 Å². The number of nitrogens with zero attached hydrogens (tertiary/aromatic N) is 1. The minimum atomic E-state index is -0.236. The van der Waals surface area contributed by atoms with Crippen molar-refractivity contribution in [1.82, 2.24) is 4.98 Å². The van der Waals surface area contributed by atoms with Gasteiger partial charge in [-0.3, -0.25) is 9.78 Å². The first kappa shape index (κ1) is 14.6. The van der Waals surface area contributed by atoms with Crippen LogP contribution >= 0.6 is 0 Å². The van der Waals surface area contributed by atoms with E-state index >= 15 is 0 Å². The highest BCUT2D eigenvalue weighted by molar-refractivity contribution is 6.05. The van der Waals surface area contributed by atoms with E-state index in [2.05, 4.69) is 22.1 Å². The SMILES string of the molecule is COc1ccc(C#CCN)cc1NC(=O)c1ccncc1. The second-order valence-electron chi connectivity index (χ2n) is 4.11. The number of pyridine rings is 1. The van der Waals surface area contributed by atoms with Gasteiger partial charge in [0.1, 0.15) is 5.75 Å². The number of methoxy groups -OCH3 is 1. The van der Waals surface area contributed by atoms with Crippen LogP contribution in [0.5, 0.6) is 5.75 Å². The number of hydrogen-bond acceptors (Lipinski definition) is 4. The summed E-state index contributed by atoms with van der Waals surface area (Å²) >= 11 is 0. The molecule has 1 amide bonds. The van der Waals surface area contributed by atoms with Crippen LogP contribution in [0.2, 0.25) is 0 Å². The van der Waals surface area contributed by atoms with Crippen molar-refractivity contribution in [2.45, 2.75) is 0 Å². The maximum Gasteiger partial charge on any atom is 0.255 e. The van der Waals surface area contributed by atoms with Gasteiger partial charge in [0.25, 0.3) is 5.91 Å². The molecule has 5 heteroatoms.